The molecule has 5 heteroatoms. The van der Waals surface area contributed by atoms with Gasteiger partial charge in [-0.25, -0.2) is 0 Å². The Morgan fingerprint density at radius 3 is 2.79 bits per heavy atom. The van der Waals surface area contributed by atoms with E-state index in [0.29, 0.717) is 17.7 Å². The highest BCUT2D eigenvalue weighted by atomic mass is 16.5. The molecule has 0 fully saturated rings. The number of anilines is 1. The van der Waals surface area contributed by atoms with Crippen molar-refractivity contribution in [2.24, 2.45) is 0 Å². The number of benzene rings is 1. The number of esters is 1. The van der Waals surface area contributed by atoms with Gasteiger partial charge in [-0.2, -0.15) is 5.26 Å². The lowest BCUT2D eigenvalue weighted by Crippen LogP contribution is -2.21. The molecular formula is C14H16N2O3. The van der Waals surface area contributed by atoms with Crippen LogP contribution in [0.4, 0.5) is 5.69 Å². The molecule has 0 aromatic heterocycles. The molecule has 0 aliphatic carbocycles. The molecule has 0 heterocycles. The van der Waals surface area contributed by atoms with Crippen LogP contribution in [0.1, 0.15) is 31.7 Å². The molecule has 0 aliphatic heterocycles. The molecule has 0 radical (unpaired) electrons. The predicted octanol–water partition coefficient (Wildman–Crippen LogP) is 2.23. The predicted molar refractivity (Wildman–Crippen MR) is 70.3 cm³/mol. The topological polar surface area (TPSA) is 79.2 Å². The zero-order valence-corrected chi connectivity index (χ0v) is 10.8. The molecule has 19 heavy (non-hydrogen) atoms. The van der Waals surface area contributed by atoms with Crippen molar-refractivity contribution < 1.29 is 14.3 Å². The van der Waals surface area contributed by atoms with Gasteiger partial charge >= 0.3 is 5.97 Å². The average molecular weight is 260 g/mol. The Kier molecular flexibility index (Phi) is 6.10. The Morgan fingerprint density at radius 2 is 2.11 bits per heavy atom. The molecular weight excluding hydrogens is 244 g/mol. The summed E-state index contributed by atoms with van der Waals surface area (Å²) in [4.78, 5) is 22.8. The second-order valence-corrected chi connectivity index (χ2v) is 3.97. The van der Waals surface area contributed by atoms with Crippen molar-refractivity contribution in [3.63, 3.8) is 0 Å². The van der Waals surface area contributed by atoms with Gasteiger partial charge in [0, 0.05) is 6.42 Å². The summed E-state index contributed by atoms with van der Waals surface area (Å²) in [5.41, 5.74) is 0.785. The number of amides is 1. The Balaban J connectivity index is 2.43. The SMILES string of the molecule is CCCCC(=O)OCC(=O)Nc1ccccc1C#N. The van der Waals surface area contributed by atoms with Crippen LogP contribution in [0, 0.1) is 11.3 Å². The number of nitrogens with zero attached hydrogens (tertiary/aromatic N) is 1. The van der Waals surface area contributed by atoms with Crippen LogP contribution in [0.25, 0.3) is 0 Å². The molecule has 1 N–H and O–H groups in total. The minimum Gasteiger partial charge on any atom is -0.456 e. The smallest absolute Gasteiger partial charge is 0.306 e. The highest BCUT2D eigenvalue weighted by molar-refractivity contribution is 5.93. The summed E-state index contributed by atoms with van der Waals surface area (Å²) in [7, 11) is 0. The van der Waals surface area contributed by atoms with Crippen molar-refractivity contribution in [3.8, 4) is 6.07 Å². The first kappa shape index (κ1) is 14.7. The van der Waals surface area contributed by atoms with E-state index in [1.165, 1.54) is 0 Å². The quantitative estimate of drug-likeness (QED) is 0.795. The van der Waals surface area contributed by atoms with Crippen molar-refractivity contribution in [2.75, 3.05) is 11.9 Å². The number of rotatable bonds is 6. The highest BCUT2D eigenvalue weighted by Gasteiger charge is 2.09. The monoisotopic (exact) mass is 260 g/mol. The van der Waals surface area contributed by atoms with Gasteiger partial charge in [-0.05, 0) is 18.6 Å². The maximum absolute atomic E-state index is 11.6. The number of para-hydroxylation sites is 1. The average Bonchev–Trinajstić information content (AvgIpc) is 2.43. The van der Waals surface area contributed by atoms with E-state index in [2.05, 4.69) is 5.32 Å². The molecule has 0 bridgehead atoms. The van der Waals surface area contributed by atoms with Crippen LogP contribution >= 0.6 is 0 Å². The molecule has 0 atom stereocenters. The molecule has 0 saturated carbocycles. The van der Waals surface area contributed by atoms with Gasteiger partial charge in [0.25, 0.3) is 5.91 Å². The largest absolute Gasteiger partial charge is 0.456 e. The third-order valence-electron chi connectivity index (χ3n) is 2.42. The molecule has 1 amide bonds. The van der Waals surface area contributed by atoms with Crippen LogP contribution in [0.15, 0.2) is 24.3 Å². The van der Waals surface area contributed by atoms with E-state index in [9.17, 15) is 9.59 Å². The highest BCUT2D eigenvalue weighted by Crippen LogP contribution is 2.13. The summed E-state index contributed by atoms with van der Waals surface area (Å²) < 4.78 is 4.82. The second-order valence-electron chi connectivity index (χ2n) is 3.97. The molecule has 100 valence electrons. The maximum atomic E-state index is 11.6. The van der Waals surface area contributed by atoms with Gasteiger partial charge in [-0.15, -0.1) is 0 Å². The van der Waals surface area contributed by atoms with E-state index in [1.807, 2.05) is 13.0 Å². The Morgan fingerprint density at radius 1 is 1.37 bits per heavy atom. The number of unbranched alkanes of at least 4 members (excludes halogenated alkanes) is 1. The molecule has 0 saturated heterocycles. The van der Waals surface area contributed by atoms with Gasteiger partial charge in [-0.1, -0.05) is 25.5 Å². The minimum absolute atomic E-state index is 0.318. The Bertz CT molecular complexity index is 492. The molecule has 5 nitrogen and oxygen atoms in total. The van der Waals surface area contributed by atoms with Gasteiger partial charge in [0.2, 0.25) is 0 Å². The van der Waals surface area contributed by atoms with Crippen LogP contribution in [0.2, 0.25) is 0 Å². The standard InChI is InChI=1S/C14H16N2O3/c1-2-3-8-14(18)19-10-13(17)16-12-7-5-4-6-11(12)9-15/h4-7H,2-3,8,10H2,1H3,(H,16,17). The summed E-state index contributed by atoms with van der Waals surface area (Å²) >= 11 is 0. The number of nitriles is 1. The summed E-state index contributed by atoms with van der Waals surface area (Å²) in [6.45, 7) is 1.64. The number of nitrogens with one attached hydrogen (secondary N) is 1. The Hall–Kier alpha value is -2.35. The van der Waals surface area contributed by atoms with Crippen LogP contribution in [0.3, 0.4) is 0 Å². The first-order chi connectivity index (χ1) is 9.17. The number of carbonyl (C=O) groups is 2. The molecule has 1 aromatic carbocycles. The van der Waals surface area contributed by atoms with Gasteiger partial charge in [-0.3, -0.25) is 9.59 Å². The molecule has 1 rings (SSSR count). The first-order valence-corrected chi connectivity index (χ1v) is 6.12. The second kappa shape index (κ2) is 7.88. The minimum atomic E-state index is -0.451. The maximum Gasteiger partial charge on any atom is 0.306 e. The molecule has 0 spiro atoms. The number of hydrogen-bond donors (Lipinski definition) is 1. The number of carbonyl (C=O) groups excluding carboxylic acids is 2. The number of hydrogen-bond acceptors (Lipinski definition) is 4. The molecule has 0 aliphatic rings. The summed E-state index contributed by atoms with van der Waals surface area (Å²) in [5.74, 6) is -0.835. The lowest BCUT2D eigenvalue weighted by molar-refractivity contribution is -0.147. The Labute approximate surface area is 112 Å². The van der Waals surface area contributed by atoms with E-state index in [-0.39, 0.29) is 12.6 Å². The van der Waals surface area contributed by atoms with Gasteiger partial charge < -0.3 is 10.1 Å². The zero-order chi connectivity index (χ0) is 14.1. The summed E-state index contributed by atoms with van der Waals surface area (Å²) in [5, 5.41) is 11.4. The van der Waals surface area contributed by atoms with E-state index in [4.69, 9.17) is 10.00 Å². The van der Waals surface area contributed by atoms with Crippen molar-refractivity contribution in [1.82, 2.24) is 0 Å². The molecule has 0 unspecified atom stereocenters. The summed E-state index contributed by atoms with van der Waals surface area (Å²) in [6, 6.07) is 8.61. The normalized spacial score (nSPS) is 9.47. The lowest BCUT2D eigenvalue weighted by Gasteiger charge is -2.07. The lowest BCUT2D eigenvalue weighted by atomic mass is 10.2. The van der Waals surface area contributed by atoms with E-state index in [1.54, 1.807) is 24.3 Å². The van der Waals surface area contributed by atoms with Crippen molar-refractivity contribution in [1.29, 1.82) is 5.26 Å². The van der Waals surface area contributed by atoms with E-state index >= 15 is 0 Å². The first-order valence-electron chi connectivity index (χ1n) is 6.12. The van der Waals surface area contributed by atoms with Gasteiger partial charge in [0.05, 0.1) is 11.3 Å². The van der Waals surface area contributed by atoms with Crippen molar-refractivity contribution in [2.45, 2.75) is 26.2 Å². The van der Waals surface area contributed by atoms with E-state index in [0.717, 1.165) is 12.8 Å². The van der Waals surface area contributed by atoms with Crippen LogP contribution in [0.5, 0.6) is 0 Å². The van der Waals surface area contributed by atoms with Gasteiger partial charge in [0.1, 0.15) is 6.07 Å². The van der Waals surface area contributed by atoms with Crippen LogP contribution in [-0.2, 0) is 14.3 Å². The van der Waals surface area contributed by atoms with Crippen molar-refractivity contribution >= 4 is 17.6 Å². The van der Waals surface area contributed by atoms with Gasteiger partial charge in [0.15, 0.2) is 6.61 Å². The van der Waals surface area contributed by atoms with Crippen molar-refractivity contribution in [3.05, 3.63) is 29.8 Å². The third-order valence-corrected chi connectivity index (χ3v) is 2.42. The van der Waals surface area contributed by atoms with Crippen LogP contribution < -0.4 is 5.32 Å². The number of ether oxygens (including phenoxy) is 1. The fraction of sp³-hybridized carbons (Fsp3) is 0.357. The summed E-state index contributed by atoms with van der Waals surface area (Å²) in [6.07, 6.45) is 1.97. The zero-order valence-electron chi connectivity index (χ0n) is 10.8. The fourth-order valence-corrected chi connectivity index (χ4v) is 1.42. The van der Waals surface area contributed by atoms with Crippen LogP contribution in [-0.4, -0.2) is 18.5 Å². The molecule has 1 aromatic rings. The fourth-order valence-electron chi connectivity index (χ4n) is 1.42. The van der Waals surface area contributed by atoms with E-state index < -0.39 is 5.91 Å². The third kappa shape index (κ3) is 5.21.